The van der Waals surface area contributed by atoms with Gasteiger partial charge in [0, 0.05) is 6.07 Å². The predicted molar refractivity (Wildman–Crippen MR) is 98.5 cm³/mol. The molecule has 4 nitrogen and oxygen atoms in total. The number of hydrogen-bond acceptors (Lipinski definition) is 3. The lowest BCUT2D eigenvalue weighted by Gasteiger charge is -2.08. The van der Waals surface area contributed by atoms with Crippen molar-refractivity contribution in [3.8, 4) is 11.5 Å². The van der Waals surface area contributed by atoms with Gasteiger partial charge in [-0.3, -0.25) is 4.79 Å². The zero-order chi connectivity index (χ0) is 17.5. The minimum absolute atomic E-state index is 0.109. The normalized spacial score (nSPS) is 10.5. The van der Waals surface area contributed by atoms with Crippen LogP contribution in [0.25, 0.3) is 0 Å². The molecule has 0 atom stereocenters. The summed E-state index contributed by atoms with van der Waals surface area (Å²) in [6.45, 7) is 2.87. The van der Waals surface area contributed by atoms with Gasteiger partial charge in [-0.15, -0.1) is 0 Å². The molecule has 0 saturated carbocycles. The Kier molecular flexibility index (Phi) is 11.6. The first-order valence-corrected chi connectivity index (χ1v) is 9.36. The Labute approximate surface area is 146 Å². The van der Waals surface area contributed by atoms with E-state index in [1.165, 1.54) is 57.8 Å². The summed E-state index contributed by atoms with van der Waals surface area (Å²) in [5, 5.41) is 0. The summed E-state index contributed by atoms with van der Waals surface area (Å²) in [6.07, 6.45) is 13.2. The molecule has 136 valence electrons. The van der Waals surface area contributed by atoms with Crippen LogP contribution in [-0.4, -0.2) is 19.1 Å². The minimum atomic E-state index is -0.480. The highest BCUT2D eigenvalue weighted by atomic mass is 16.5. The molecule has 2 N–H and O–H groups in total. The molecule has 1 rings (SSSR count). The van der Waals surface area contributed by atoms with E-state index < -0.39 is 5.91 Å². The summed E-state index contributed by atoms with van der Waals surface area (Å²) >= 11 is 0. The Bertz CT molecular complexity index is 448. The van der Waals surface area contributed by atoms with Crippen LogP contribution in [0.5, 0.6) is 11.5 Å². The molecule has 0 spiro atoms. The zero-order valence-corrected chi connectivity index (χ0v) is 15.1. The van der Waals surface area contributed by atoms with Crippen molar-refractivity contribution in [3.63, 3.8) is 0 Å². The predicted octanol–water partition coefficient (Wildman–Crippen LogP) is 4.85. The first kappa shape index (κ1) is 20.3. The molecule has 0 unspecified atom stereocenters. The van der Waals surface area contributed by atoms with E-state index in [1.807, 2.05) is 12.1 Å². The van der Waals surface area contributed by atoms with Crippen molar-refractivity contribution in [2.24, 2.45) is 5.73 Å². The van der Waals surface area contributed by atoms with Gasteiger partial charge >= 0.3 is 0 Å². The molecular formula is C20H33NO3. The van der Waals surface area contributed by atoms with E-state index >= 15 is 0 Å². The maximum atomic E-state index is 10.7. The van der Waals surface area contributed by atoms with Gasteiger partial charge in [-0.1, -0.05) is 70.8 Å². The number of rotatable bonds is 15. The summed E-state index contributed by atoms with van der Waals surface area (Å²) in [5.41, 5.74) is 5.06. The molecule has 0 fully saturated rings. The highest BCUT2D eigenvalue weighted by Crippen LogP contribution is 2.19. The molecule has 1 amide bonds. The van der Waals surface area contributed by atoms with Gasteiger partial charge in [0.1, 0.15) is 11.5 Å². The molecule has 0 aliphatic carbocycles. The Morgan fingerprint density at radius 1 is 0.875 bits per heavy atom. The van der Waals surface area contributed by atoms with E-state index in [-0.39, 0.29) is 6.61 Å². The number of benzene rings is 1. The molecule has 0 bridgehead atoms. The van der Waals surface area contributed by atoms with Crippen LogP contribution in [0.15, 0.2) is 24.3 Å². The second-order valence-electron chi connectivity index (χ2n) is 6.26. The van der Waals surface area contributed by atoms with Gasteiger partial charge in [-0.05, 0) is 18.6 Å². The van der Waals surface area contributed by atoms with Crippen LogP contribution in [0, 0.1) is 0 Å². The van der Waals surface area contributed by atoms with E-state index in [9.17, 15) is 4.79 Å². The summed E-state index contributed by atoms with van der Waals surface area (Å²) in [6, 6.07) is 7.33. The van der Waals surface area contributed by atoms with Crippen LogP contribution in [0.2, 0.25) is 0 Å². The molecule has 1 aromatic rings. The number of hydrogen-bond donors (Lipinski definition) is 1. The molecular weight excluding hydrogens is 302 g/mol. The number of primary amides is 1. The molecule has 24 heavy (non-hydrogen) atoms. The molecule has 0 heterocycles. The first-order valence-electron chi connectivity index (χ1n) is 9.36. The van der Waals surface area contributed by atoms with Crippen LogP contribution >= 0.6 is 0 Å². The Hall–Kier alpha value is -1.71. The molecule has 0 aliphatic rings. The van der Waals surface area contributed by atoms with Crippen LogP contribution in [-0.2, 0) is 4.79 Å². The quantitative estimate of drug-likeness (QED) is 0.466. The van der Waals surface area contributed by atoms with Gasteiger partial charge in [-0.25, -0.2) is 0 Å². The third-order valence-corrected chi connectivity index (χ3v) is 3.95. The lowest BCUT2D eigenvalue weighted by atomic mass is 10.1. The third kappa shape index (κ3) is 10.9. The van der Waals surface area contributed by atoms with Crippen LogP contribution in [0.3, 0.4) is 0 Å². The van der Waals surface area contributed by atoms with Crippen molar-refractivity contribution in [1.82, 2.24) is 0 Å². The summed E-state index contributed by atoms with van der Waals surface area (Å²) in [4.78, 5) is 10.7. The van der Waals surface area contributed by atoms with Gasteiger partial charge in [0.05, 0.1) is 6.61 Å². The molecule has 0 saturated heterocycles. The van der Waals surface area contributed by atoms with Gasteiger partial charge in [0.2, 0.25) is 0 Å². The zero-order valence-electron chi connectivity index (χ0n) is 15.1. The SMILES string of the molecule is CCCCCCCCCCCCOc1cccc(OCC(N)=O)c1. The number of nitrogens with two attached hydrogens (primary N) is 1. The van der Waals surface area contributed by atoms with Gasteiger partial charge < -0.3 is 15.2 Å². The maximum absolute atomic E-state index is 10.7. The highest BCUT2D eigenvalue weighted by molar-refractivity contribution is 5.75. The summed E-state index contributed by atoms with van der Waals surface area (Å²) < 4.78 is 11.0. The largest absolute Gasteiger partial charge is 0.493 e. The van der Waals surface area contributed by atoms with Crippen molar-refractivity contribution in [2.75, 3.05) is 13.2 Å². The van der Waals surface area contributed by atoms with Crippen molar-refractivity contribution < 1.29 is 14.3 Å². The first-order chi connectivity index (χ1) is 11.7. The topological polar surface area (TPSA) is 61.6 Å². The van der Waals surface area contributed by atoms with Crippen LogP contribution in [0.4, 0.5) is 0 Å². The van der Waals surface area contributed by atoms with Crippen LogP contribution < -0.4 is 15.2 Å². The fraction of sp³-hybridized carbons (Fsp3) is 0.650. The fourth-order valence-corrected chi connectivity index (χ4v) is 2.59. The lowest BCUT2D eigenvalue weighted by Crippen LogP contribution is -2.19. The highest BCUT2D eigenvalue weighted by Gasteiger charge is 2.00. The van der Waals surface area contributed by atoms with Gasteiger partial charge in [0.25, 0.3) is 5.91 Å². The third-order valence-electron chi connectivity index (χ3n) is 3.95. The van der Waals surface area contributed by atoms with Crippen molar-refractivity contribution in [1.29, 1.82) is 0 Å². The lowest BCUT2D eigenvalue weighted by molar-refractivity contribution is -0.119. The van der Waals surface area contributed by atoms with Crippen molar-refractivity contribution >= 4 is 5.91 Å². The average molecular weight is 335 g/mol. The molecule has 0 radical (unpaired) electrons. The van der Waals surface area contributed by atoms with Crippen molar-refractivity contribution in [2.45, 2.75) is 71.1 Å². The second-order valence-corrected chi connectivity index (χ2v) is 6.26. The minimum Gasteiger partial charge on any atom is -0.493 e. The standard InChI is InChI=1S/C20H33NO3/c1-2-3-4-5-6-7-8-9-10-11-15-23-18-13-12-14-19(16-18)24-17-20(21)22/h12-14,16H,2-11,15,17H2,1H3,(H2,21,22). The number of amides is 1. The number of unbranched alkanes of at least 4 members (excludes halogenated alkanes) is 9. The molecule has 1 aromatic carbocycles. The van der Waals surface area contributed by atoms with E-state index in [1.54, 1.807) is 12.1 Å². The summed E-state index contributed by atoms with van der Waals surface area (Å²) in [5.74, 6) is 0.897. The van der Waals surface area contributed by atoms with Gasteiger partial charge in [0.15, 0.2) is 6.61 Å². The number of carbonyl (C=O) groups is 1. The van der Waals surface area contributed by atoms with Crippen LogP contribution in [0.1, 0.15) is 71.1 Å². The van der Waals surface area contributed by atoms with Gasteiger partial charge in [-0.2, -0.15) is 0 Å². The van der Waals surface area contributed by atoms with E-state index in [0.29, 0.717) is 5.75 Å². The Balaban J connectivity index is 2.01. The maximum Gasteiger partial charge on any atom is 0.255 e. The monoisotopic (exact) mass is 335 g/mol. The molecule has 0 aromatic heterocycles. The molecule has 0 aliphatic heterocycles. The van der Waals surface area contributed by atoms with E-state index in [2.05, 4.69) is 6.92 Å². The number of ether oxygens (including phenoxy) is 2. The Morgan fingerprint density at radius 2 is 1.42 bits per heavy atom. The smallest absolute Gasteiger partial charge is 0.255 e. The fourth-order valence-electron chi connectivity index (χ4n) is 2.59. The van der Waals surface area contributed by atoms with E-state index in [4.69, 9.17) is 15.2 Å². The summed E-state index contributed by atoms with van der Waals surface area (Å²) in [7, 11) is 0. The second kappa shape index (κ2) is 13.7. The molecule has 4 heteroatoms. The van der Waals surface area contributed by atoms with Crippen molar-refractivity contribution in [3.05, 3.63) is 24.3 Å². The van der Waals surface area contributed by atoms with E-state index in [0.717, 1.165) is 18.8 Å². The number of carbonyl (C=O) groups excluding carboxylic acids is 1. The average Bonchev–Trinajstić information content (AvgIpc) is 2.58. The Morgan fingerprint density at radius 3 is 2.00 bits per heavy atom.